The highest BCUT2D eigenvalue weighted by molar-refractivity contribution is 14.1. The third kappa shape index (κ3) is 2.00. The minimum atomic E-state index is 0.323. The zero-order valence-electron chi connectivity index (χ0n) is 7.19. The topological polar surface area (TPSA) is 26.0 Å². The second-order valence-electron chi connectivity index (χ2n) is 3.54. The quantitative estimate of drug-likeness (QED) is 0.733. The average molecular weight is 308 g/mol. The summed E-state index contributed by atoms with van der Waals surface area (Å²) in [5, 5.41) is 0.855. The van der Waals surface area contributed by atoms with Crippen molar-refractivity contribution < 1.29 is 0 Å². The summed E-state index contributed by atoms with van der Waals surface area (Å²) >= 11 is 8.32. The molecule has 1 nitrogen and oxygen atoms in total. The number of fused-ring (bicyclic) bond motifs is 1. The van der Waals surface area contributed by atoms with Crippen molar-refractivity contribution >= 4 is 34.2 Å². The molecule has 0 saturated heterocycles. The lowest BCUT2D eigenvalue weighted by Crippen LogP contribution is -2.27. The molecule has 0 aromatic heterocycles. The highest BCUT2D eigenvalue weighted by atomic mass is 127. The van der Waals surface area contributed by atoms with Crippen LogP contribution in [-0.4, -0.2) is 6.04 Å². The van der Waals surface area contributed by atoms with Gasteiger partial charge < -0.3 is 5.73 Å². The van der Waals surface area contributed by atoms with E-state index in [0.29, 0.717) is 6.04 Å². The highest BCUT2D eigenvalue weighted by Crippen LogP contribution is 2.27. The number of rotatable bonds is 0. The monoisotopic (exact) mass is 307 g/mol. The zero-order valence-corrected chi connectivity index (χ0v) is 10.1. The molecule has 0 radical (unpaired) electrons. The van der Waals surface area contributed by atoms with Crippen LogP contribution in [0.1, 0.15) is 17.5 Å². The standard InChI is InChI=1S/C10H11ClIN/c11-9-4-7-3-8(13)2-1-6(7)5-10(9)12/h4-5,8H,1-3,13H2/t8-/m1/s1. The van der Waals surface area contributed by atoms with Crippen molar-refractivity contribution in [2.24, 2.45) is 5.73 Å². The third-order valence-corrected chi connectivity index (χ3v) is 4.03. The van der Waals surface area contributed by atoms with Crippen LogP contribution < -0.4 is 5.73 Å². The fourth-order valence-electron chi connectivity index (χ4n) is 1.78. The Labute approximate surface area is 96.8 Å². The van der Waals surface area contributed by atoms with Gasteiger partial charge in [0, 0.05) is 9.61 Å². The molecule has 0 saturated carbocycles. The molecule has 1 atom stereocenters. The van der Waals surface area contributed by atoms with Gasteiger partial charge in [0.2, 0.25) is 0 Å². The van der Waals surface area contributed by atoms with Gasteiger partial charge in [0.15, 0.2) is 0 Å². The molecular weight excluding hydrogens is 296 g/mol. The first-order valence-corrected chi connectivity index (χ1v) is 5.85. The number of nitrogens with two attached hydrogens (primary N) is 1. The van der Waals surface area contributed by atoms with Crippen LogP contribution in [0.4, 0.5) is 0 Å². The number of hydrogen-bond donors (Lipinski definition) is 1. The van der Waals surface area contributed by atoms with Gasteiger partial charge in [0.25, 0.3) is 0 Å². The maximum atomic E-state index is 6.05. The summed E-state index contributed by atoms with van der Waals surface area (Å²) in [5.41, 5.74) is 8.66. The average Bonchev–Trinajstić information content (AvgIpc) is 2.08. The molecule has 0 fully saturated rings. The van der Waals surface area contributed by atoms with Crippen LogP contribution in [0.3, 0.4) is 0 Å². The van der Waals surface area contributed by atoms with E-state index in [4.69, 9.17) is 17.3 Å². The smallest absolute Gasteiger partial charge is 0.0542 e. The summed E-state index contributed by atoms with van der Waals surface area (Å²) in [5.74, 6) is 0. The molecule has 13 heavy (non-hydrogen) atoms. The van der Waals surface area contributed by atoms with Crippen LogP contribution in [0.15, 0.2) is 12.1 Å². The molecule has 0 spiro atoms. The van der Waals surface area contributed by atoms with Crippen molar-refractivity contribution in [1.82, 2.24) is 0 Å². The van der Waals surface area contributed by atoms with Gasteiger partial charge in [0.1, 0.15) is 0 Å². The van der Waals surface area contributed by atoms with Crippen LogP contribution >= 0.6 is 34.2 Å². The predicted octanol–water partition coefficient (Wildman–Crippen LogP) is 2.76. The van der Waals surface area contributed by atoms with Crippen LogP contribution in [0.25, 0.3) is 0 Å². The van der Waals surface area contributed by atoms with E-state index in [1.165, 1.54) is 11.1 Å². The lowest BCUT2D eigenvalue weighted by molar-refractivity contribution is 0.576. The molecule has 0 aliphatic heterocycles. The first kappa shape index (κ1) is 9.74. The maximum absolute atomic E-state index is 6.05. The number of aryl methyl sites for hydroxylation is 1. The molecule has 0 unspecified atom stereocenters. The van der Waals surface area contributed by atoms with E-state index in [1.54, 1.807) is 0 Å². The van der Waals surface area contributed by atoms with Crippen LogP contribution in [0.5, 0.6) is 0 Å². The molecule has 70 valence electrons. The second-order valence-corrected chi connectivity index (χ2v) is 5.11. The molecule has 1 aliphatic carbocycles. The number of halogens is 2. The molecule has 0 bridgehead atoms. The predicted molar refractivity (Wildman–Crippen MR) is 64.2 cm³/mol. The van der Waals surface area contributed by atoms with E-state index in [1.807, 2.05) is 0 Å². The molecule has 0 amide bonds. The summed E-state index contributed by atoms with van der Waals surface area (Å²) in [7, 11) is 0. The Morgan fingerprint density at radius 1 is 1.38 bits per heavy atom. The molecular formula is C10H11ClIN. The van der Waals surface area contributed by atoms with Crippen molar-refractivity contribution in [3.8, 4) is 0 Å². The summed E-state index contributed by atoms with van der Waals surface area (Å²) in [6.07, 6.45) is 3.18. The first-order valence-electron chi connectivity index (χ1n) is 4.39. The molecule has 1 aromatic rings. The van der Waals surface area contributed by atoms with E-state index < -0.39 is 0 Å². The van der Waals surface area contributed by atoms with Gasteiger partial charge in [-0.15, -0.1) is 0 Å². The van der Waals surface area contributed by atoms with Crippen LogP contribution in [0.2, 0.25) is 5.02 Å². The number of benzene rings is 1. The molecule has 2 N–H and O–H groups in total. The molecule has 2 rings (SSSR count). The fraction of sp³-hybridized carbons (Fsp3) is 0.400. The van der Waals surface area contributed by atoms with E-state index in [0.717, 1.165) is 27.9 Å². The molecule has 3 heteroatoms. The van der Waals surface area contributed by atoms with E-state index in [2.05, 4.69) is 34.7 Å². The SMILES string of the molecule is N[C@@H]1CCc2cc(I)c(Cl)cc2C1. The number of hydrogen-bond acceptors (Lipinski definition) is 1. The van der Waals surface area contributed by atoms with Gasteiger partial charge >= 0.3 is 0 Å². The largest absolute Gasteiger partial charge is 0.327 e. The summed E-state index contributed by atoms with van der Waals surface area (Å²) in [6, 6.07) is 4.57. The summed E-state index contributed by atoms with van der Waals surface area (Å²) < 4.78 is 1.15. The molecule has 1 aliphatic rings. The summed E-state index contributed by atoms with van der Waals surface area (Å²) in [6.45, 7) is 0. The highest BCUT2D eigenvalue weighted by Gasteiger charge is 2.16. The second kappa shape index (κ2) is 3.75. The summed E-state index contributed by atoms with van der Waals surface area (Å²) in [4.78, 5) is 0. The van der Waals surface area contributed by atoms with Crippen LogP contribution in [-0.2, 0) is 12.8 Å². The van der Waals surface area contributed by atoms with Gasteiger partial charge in [-0.2, -0.15) is 0 Å². The van der Waals surface area contributed by atoms with Crippen molar-refractivity contribution in [3.63, 3.8) is 0 Å². The van der Waals surface area contributed by atoms with Crippen molar-refractivity contribution in [3.05, 3.63) is 31.9 Å². The van der Waals surface area contributed by atoms with Gasteiger partial charge in [-0.1, -0.05) is 11.6 Å². The van der Waals surface area contributed by atoms with Crippen LogP contribution in [0, 0.1) is 3.57 Å². The van der Waals surface area contributed by atoms with Gasteiger partial charge in [-0.05, 0) is 65.1 Å². The Morgan fingerprint density at radius 2 is 2.15 bits per heavy atom. The van der Waals surface area contributed by atoms with E-state index >= 15 is 0 Å². The van der Waals surface area contributed by atoms with Crippen molar-refractivity contribution in [1.29, 1.82) is 0 Å². The fourth-order valence-corrected chi connectivity index (χ4v) is 2.50. The Hall–Kier alpha value is 0.200. The van der Waals surface area contributed by atoms with Crippen molar-refractivity contribution in [2.45, 2.75) is 25.3 Å². The Bertz CT molecular complexity index is 338. The Morgan fingerprint density at radius 3 is 2.92 bits per heavy atom. The molecule has 1 aromatic carbocycles. The Balaban J connectivity index is 2.43. The minimum absolute atomic E-state index is 0.323. The van der Waals surface area contributed by atoms with Gasteiger partial charge in [-0.3, -0.25) is 0 Å². The Kier molecular flexibility index (Phi) is 2.81. The van der Waals surface area contributed by atoms with E-state index in [-0.39, 0.29) is 0 Å². The maximum Gasteiger partial charge on any atom is 0.0542 e. The third-order valence-electron chi connectivity index (χ3n) is 2.51. The normalized spacial score (nSPS) is 21.3. The first-order chi connectivity index (χ1) is 6.16. The van der Waals surface area contributed by atoms with Gasteiger partial charge in [0.05, 0.1) is 5.02 Å². The lowest BCUT2D eigenvalue weighted by Gasteiger charge is -2.21. The van der Waals surface area contributed by atoms with Gasteiger partial charge in [-0.25, -0.2) is 0 Å². The molecule has 0 heterocycles. The minimum Gasteiger partial charge on any atom is -0.327 e. The van der Waals surface area contributed by atoms with E-state index in [9.17, 15) is 0 Å². The van der Waals surface area contributed by atoms with Crippen molar-refractivity contribution in [2.75, 3.05) is 0 Å². The zero-order chi connectivity index (χ0) is 9.42. The lowest BCUT2D eigenvalue weighted by atomic mass is 9.89.